The Labute approximate surface area is 123 Å². The van der Waals surface area contributed by atoms with Crippen LogP contribution in [-0.4, -0.2) is 16.1 Å². The van der Waals surface area contributed by atoms with E-state index in [1.54, 1.807) is 6.92 Å². The molecule has 1 aromatic rings. The highest BCUT2D eigenvalue weighted by Crippen LogP contribution is 2.40. The molecule has 2 N–H and O–H groups in total. The number of carboxylic acids is 1. The molecule has 0 amide bonds. The maximum atomic E-state index is 13.1. The Hall–Kier alpha value is -2.11. The van der Waals surface area contributed by atoms with Crippen LogP contribution < -0.4 is 5.32 Å². The molecule has 0 atom stereocenters. The van der Waals surface area contributed by atoms with Gasteiger partial charge in [0.2, 0.25) is 0 Å². The third-order valence-corrected chi connectivity index (χ3v) is 3.38. The molecule has 0 fully saturated rings. The van der Waals surface area contributed by atoms with Crippen LogP contribution in [0.5, 0.6) is 0 Å². The molecule has 0 aliphatic carbocycles. The van der Waals surface area contributed by atoms with Crippen molar-refractivity contribution in [2.75, 3.05) is 5.32 Å². The molecule has 110 valence electrons. The van der Waals surface area contributed by atoms with Crippen LogP contribution in [0.15, 0.2) is 23.9 Å². The summed E-state index contributed by atoms with van der Waals surface area (Å²) in [4.78, 5) is 11.1. The molecule has 0 aromatic heterocycles. The molecular weight excluding hydrogens is 303 g/mol. The lowest BCUT2D eigenvalue weighted by Crippen LogP contribution is -2.16. The fourth-order valence-corrected chi connectivity index (χ4v) is 2.39. The quantitative estimate of drug-likeness (QED) is 0.818. The van der Waals surface area contributed by atoms with Gasteiger partial charge < -0.3 is 10.4 Å². The number of benzene rings is 1. The number of carbonyl (C=O) groups is 1. The van der Waals surface area contributed by atoms with Crippen molar-refractivity contribution in [3.63, 3.8) is 0 Å². The van der Waals surface area contributed by atoms with Gasteiger partial charge in [-0.05, 0) is 41.4 Å². The van der Waals surface area contributed by atoms with Crippen LogP contribution in [0.3, 0.4) is 0 Å². The van der Waals surface area contributed by atoms with Crippen molar-refractivity contribution in [3.05, 3.63) is 40.6 Å². The summed E-state index contributed by atoms with van der Waals surface area (Å²) in [5.74, 6) is -1.28. The van der Waals surface area contributed by atoms with E-state index in [0.29, 0.717) is 5.69 Å². The molecule has 1 aromatic carbocycles. The maximum absolute atomic E-state index is 13.1. The first kappa shape index (κ1) is 15.3. The largest absolute Gasteiger partial charge is 0.478 e. The third kappa shape index (κ3) is 2.70. The average molecular weight is 313 g/mol. The van der Waals surface area contributed by atoms with Crippen molar-refractivity contribution >= 4 is 34.5 Å². The second kappa shape index (κ2) is 5.35. The molecule has 21 heavy (non-hydrogen) atoms. The lowest BCUT2D eigenvalue weighted by Gasteiger charge is -2.21. The van der Waals surface area contributed by atoms with E-state index >= 15 is 0 Å². The Morgan fingerprint density at radius 1 is 1.43 bits per heavy atom. The maximum Gasteiger partial charge on any atom is 0.416 e. The molecular formula is C14H10F3NO2S. The molecule has 0 saturated carbocycles. The Morgan fingerprint density at radius 2 is 2.10 bits per heavy atom. The second-order valence-corrected chi connectivity index (χ2v) is 4.59. The first-order valence-corrected chi connectivity index (χ1v) is 6.40. The van der Waals surface area contributed by atoms with Gasteiger partial charge in [0.15, 0.2) is 0 Å². The number of aliphatic carboxylic acids is 1. The van der Waals surface area contributed by atoms with Gasteiger partial charge in [-0.15, -0.1) is 0 Å². The fraction of sp³-hybridized carbons (Fsp3) is 0.214. The van der Waals surface area contributed by atoms with Gasteiger partial charge in [0, 0.05) is 17.5 Å². The minimum Gasteiger partial charge on any atom is -0.478 e. The van der Waals surface area contributed by atoms with E-state index in [1.165, 1.54) is 12.3 Å². The molecule has 0 unspecified atom stereocenters. The summed E-state index contributed by atoms with van der Waals surface area (Å²) in [5.41, 5.74) is -0.425. The smallest absolute Gasteiger partial charge is 0.416 e. The molecule has 3 nitrogen and oxygen atoms in total. The van der Waals surface area contributed by atoms with E-state index in [1.807, 2.05) is 0 Å². The summed E-state index contributed by atoms with van der Waals surface area (Å²) >= 11 is 4.64. The summed E-state index contributed by atoms with van der Waals surface area (Å²) in [5, 5.41) is 14.0. The fourth-order valence-electron chi connectivity index (χ4n) is 2.17. The Morgan fingerprint density at radius 3 is 2.57 bits per heavy atom. The topological polar surface area (TPSA) is 49.3 Å². The van der Waals surface area contributed by atoms with E-state index in [4.69, 9.17) is 5.11 Å². The zero-order chi connectivity index (χ0) is 15.8. The predicted molar refractivity (Wildman–Crippen MR) is 76.2 cm³/mol. The summed E-state index contributed by atoms with van der Waals surface area (Å²) < 4.78 is 39.3. The monoisotopic (exact) mass is 313 g/mol. The van der Waals surface area contributed by atoms with Crippen LogP contribution >= 0.6 is 12.2 Å². The molecule has 1 heterocycles. The number of alkyl halides is 3. The first-order valence-electron chi connectivity index (χ1n) is 5.99. The van der Waals surface area contributed by atoms with Crippen molar-refractivity contribution in [2.45, 2.75) is 19.5 Å². The summed E-state index contributed by atoms with van der Waals surface area (Å²) in [7, 11) is 0. The van der Waals surface area contributed by atoms with Crippen LogP contribution in [0.25, 0.3) is 5.57 Å². The van der Waals surface area contributed by atoms with Gasteiger partial charge in [-0.1, -0.05) is 6.92 Å². The number of thiocarbonyl (C=S) groups is 1. The summed E-state index contributed by atoms with van der Waals surface area (Å²) in [6.07, 6.45) is -3.11. The lowest BCUT2D eigenvalue weighted by atomic mass is 9.91. The number of rotatable bonds is 2. The molecule has 0 bridgehead atoms. The normalized spacial score (nSPS) is 13.9. The number of nitrogens with one attached hydrogen (secondary N) is 1. The SMILES string of the molecule is CCc1cc2c(cc1C(F)(F)F)C(=C=S)C(C(=O)O)=CN2. The van der Waals surface area contributed by atoms with Crippen LogP contribution in [-0.2, 0) is 17.4 Å². The minimum atomic E-state index is -4.52. The van der Waals surface area contributed by atoms with Gasteiger partial charge in [0.1, 0.15) is 0 Å². The minimum absolute atomic E-state index is 0.0283. The Kier molecular flexibility index (Phi) is 3.89. The lowest BCUT2D eigenvalue weighted by molar-refractivity contribution is -0.138. The van der Waals surface area contributed by atoms with Gasteiger partial charge in [0.25, 0.3) is 0 Å². The highest BCUT2D eigenvalue weighted by Gasteiger charge is 2.35. The van der Waals surface area contributed by atoms with Gasteiger partial charge >= 0.3 is 12.1 Å². The number of carboxylic acid groups (broad SMARTS) is 1. The standard InChI is InChI=1S/C14H10F3NO2S/c1-2-7-3-12-8(4-11(7)14(15,16)17)10(6-21)9(5-18-12)13(19)20/h3-5,18H,2H2,1H3,(H,19,20). The van der Waals surface area contributed by atoms with Crippen LogP contribution in [0, 0.1) is 0 Å². The van der Waals surface area contributed by atoms with Gasteiger partial charge in [0.05, 0.1) is 16.7 Å². The number of hydrogen-bond acceptors (Lipinski definition) is 3. The molecule has 0 saturated heterocycles. The zero-order valence-corrected chi connectivity index (χ0v) is 11.7. The van der Waals surface area contributed by atoms with Crippen molar-refractivity contribution in [2.24, 2.45) is 0 Å². The van der Waals surface area contributed by atoms with Crippen LogP contribution in [0.1, 0.15) is 23.6 Å². The van der Waals surface area contributed by atoms with Crippen LogP contribution in [0.2, 0.25) is 0 Å². The number of halogens is 3. The van der Waals surface area contributed by atoms with E-state index in [2.05, 4.69) is 22.6 Å². The summed E-state index contributed by atoms with van der Waals surface area (Å²) in [6.45, 7) is 1.62. The number of aryl methyl sites for hydroxylation is 1. The first-order chi connectivity index (χ1) is 9.79. The van der Waals surface area contributed by atoms with Gasteiger partial charge in [-0.2, -0.15) is 13.2 Å². The van der Waals surface area contributed by atoms with Crippen molar-refractivity contribution < 1.29 is 23.1 Å². The number of fused-ring (bicyclic) bond motifs is 1. The summed E-state index contributed by atoms with van der Waals surface area (Å²) in [6, 6.07) is 2.28. The van der Waals surface area contributed by atoms with E-state index in [-0.39, 0.29) is 28.7 Å². The van der Waals surface area contributed by atoms with Gasteiger partial charge in [-0.25, -0.2) is 4.79 Å². The highest BCUT2D eigenvalue weighted by atomic mass is 32.1. The number of hydrogen-bond donors (Lipinski definition) is 2. The molecule has 0 spiro atoms. The Balaban J connectivity index is 2.71. The average Bonchev–Trinajstić information content (AvgIpc) is 2.43. The molecule has 0 radical (unpaired) electrons. The van der Waals surface area contributed by atoms with Crippen molar-refractivity contribution in [3.8, 4) is 0 Å². The predicted octanol–water partition coefficient (Wildman–Crippen LogP) is 3.64. The molecule has 1 aliphatic rings. The van der Waals surface area contributed by atoms with Crippen molar-refractivity contribution in [1.82, 2.24) is 0 Å². The third-order valence-electron chi connectivity index (χ3n) is 3.17. The van der Waals surface area contributed by atoms with E-state index in [9.17, 15) is 18.0 Å². The highest BCUT2D eigenvalue weighted by molar-refractivity contribution is 7.78. The molecule has 2 rings (SSSR count). The molecule has 7 heteroatoms. The second-order valence-electron chi connectivity index (χ2n) is 4.39. The Bertz CT molecular complexity index is 701. The zero-order valence-electron chi connectivity index (χ0n) is 10.8. The number of anilines is 1. The van der Waals surface area contributed by atoms with E-state index in [0.717, 1.165) is 6.07 Å². The van der Waals surface area contributed by atoms with Gasteiger partial charge in [-0.3, -0.25) is 0 Å². The van der Waals surface area contributed by atoms with E-state index < -0.39 is 17.7 Å². The molecule has 1 aliphatic heterocycles. The van der Waals surface area contributed by atoms with Crippen molar-refractivity contribution in [1.29, 1.82) is 0 Å². The van der Waals surface area contributed by atoms with Crippen LogP contribution in [0.4, 0.5) is 18.9 Å².